The minimum absolute atomic E-state index is 1.24. The van der Waals surface area contributed by atoms with Crippen LogP contribution >= 0.6 is 0 Å². The summed E-state index contributed by atoms with van der Waals surface area (Å²) in [7, 11) is 0. The zero-order valence-corrected chi connectivity index (χ0v) is 11.1. The van der Waals surface area contributed by atoms with Crippen LogP contribution in [-0.4, -0.2) is 4.40 Å². The Morgan fingerprint density at radius 3 is 2.28 bits per heavy atom. The van der Waals surface area contributed by atoms with Crippen LogP contribution in [0.15, 0.2) is 48.7 Å². The minimum atomic E-state index is 1.24. The van der Waals surface area contributed by atoms with Crippen LogP contribution in [0.1, 0.15) is 16.7 Å². The van der Waals surface area contributed by atoms with E-state index >= 15 is 0 Å². The van der Waals surface area contributed by atoms with E-state index in [1.807, 2.05) is 0 Å². The fraction of sp³-hybridized carbons (Fsp3) is 0.176. The number of benzene rings is 1. The lowest BCUT2D eigenvalue weighted by atomic mass is 9.97. The van der Waals surface area contributed by atoms with E-state index < -0.39 is 0 Å². The van der Waals surface area contributed by atoms with Crippen molar-refractivity contribution in [2.75, 3.05) is 0 Å². The summed E-state index contributed by atoms with van der Waals surface area (Å²) in [6.45, 7) is 6.54. The van der Waals surface area contributed by atoms with Gasteiger partial charge in [-0.1, -0.05) is 23.8 Å². The van der Waals surface area contributed by atoms with Crippen molar-refractivity contribution in [2.24, 2.45) is 0 Å². The van der Waals surface area contributed by atoms with Crippen LogP contribution in [-0.2, 0) is 0 Å². The summed E-state index contributed by atoms with van der Waals surface area (Å²) in [5.74, 6) is 0. The highest BCUT2D eigenvalue weighted by Crippen LogP contribution is 2.29. The second kappa shape index (κ2) is 4.02. The van der Waals surface area contributed by atoms with Gasteiger partial charge in [-0.3, -0.25) is 0 Å². The van der Waals surface area contributed by atoms with Crippen molar-refractivity contribution in [1.82, 2.24) is 4.40 Å². The highest BCUT2D eigenvalue weighted by atomic mass is 14.9. The molecule has 18 heavy (non-hydrogen) atoms. The molecule has 2 aromatic heterocycles. The molecule has 0 saturated heterocycles. The largest absolute Gasteiger partial charge is 0.317 e. The first-order valence-corrected chi connectivity index (χ1v) is 6.31. The Morgan fingerprint density at radius 1 is 0.833 bits per heavy atom. The maximum Gasteiger partial charge on any atom is 0.0533 e. The summed E-state index contributed by atoms with van der Waals surface area (Å²) in [6.07, 6.45) is 2.13. The van der Waals surface area contributed by atoms with Crippen LogP contribution in [0.5, 0.6) is 0 Å². The monoisotopic (exact) mass is 235 g/mol. The topological polar surface area (TPSA) is 4.41 Å². The van der Waals surface area contributed by atoms with Gasteiger partial charge in [-0.2, -0.15) is 0 Å². The number of pyridine rings is 1. The third-order valence-electron chi connectivity index (χ3n) is 3.50. The standard InChI is InChI=1S/C17H17N/c1-12-10-13(2)17(14(3)11-12)16-8-7-15-6-4-5-9-18(15)16/h4-11H,1-3H3. The molecule has 0 aliphatic rings. The summed E-state index contributed by atoms with van der Waals surface area (Å²) >= 11 is 0. The second-order valence-electron chi connectivity index (χ2n) is 4.99. The normalized spacial score (nSPS) is 11.1. The summed E-state index contributed by atoms with van der Waals surface area (Å²) in [5.41, 5.74) is 7.89. The molecule has 0 fully saturated rings. The zero-order valence-electron chi connectivity index (χ0n) is 11.1. The van der Waals surface area contributed by atoms with Crippen molar-refractivity contribution in [3.05, 3.63) is 65.4 Å². The second-order valence-corrected chi connectivity index (χ2v) is 4.99. The van der Waals surface area contributed by atoms with Crippen LogP contribution in [0.4, 0.5) is 0 Å². The third kappa shape index (κ3) is 1.63. The van der Waals surface area contributed by atoms with Gasteiger partial charge >= 0.3 is 0 Å². The van der Waals surface area contributed by atoms with E-state index in [2.05, 4.69) is 73.8 Å². The van der Waals surface area contributed by atoms with Gasteiger partial charge in [0.2, 0.25) is 0 Å². The van der Waals surface area contributed by atoms with Gasteiger partial charge in [0.15, 0.2) is 0 Å². The first-order valence-electron chi connectivity index (χ1n) is 6.31. The van der Waals surface area contributed by atoms with E-state index in [1.54, 1.807) is 0 Å². The third-order valence-corrected chi connectivity index (χ3v) is 3.50. The van der Waals surface area contributed by atoms with Gasteiger partial charge in [-0.05, 0) is 56.2 Å². The molecule has 1 nitrogen and oxygen atoms in total. The molecule has 2 heterocycles. The number of nitrogens with zero attached hydrogens (tertiary/aromatic N) is 1. The predicted octanol–water partition coefficient (Wildman–Crippen LogP) is 4.53. The van der Waals surface area contributed by atoms with Gasteiger partial charge < -0.3 is 4.40 Å². The molecular weight excluding hydrogens is 218 g/mol. The molecule has 1 aromatic carbocycles. The molecule has 0 amide bonds. The molecule has 0 radical (unpaired) electrons. The number of fused-ring (bicyclic) bond motifs is 1. The van der Waals surface area contributed by atoms with Crippen LogP contribution in [0.2, 0.25) is 0 Å². The molecule has 0 bridgehead atoms. The Balaban J connectivity index is 2.33. The first-order chi connectivity index (χ1) is 8.66. The fourth-order valence-electron chi connectivity index (χ4n) is 2.84. The maximum atomic E-state index is 2.25. The van der Waals surface area contributed by atoms with Crippen LogP contribution in [0.3, 0.4) is 0 Å². The van der Waals surface area contributed by atoms with E-state index in [0.717, 1.165) is 0 Å². The quantitative estimate of drug-likeness (QED) is 0.583. The molecule has 0 N–H and O–H groups in total. The smallest absolute Gasteiger partial charge is 0.0533 e. The molecular formula is C17H17N. The van der Waals surface area contributed by atoms with Crippen LogP contribution < -0.4 is 0 Å². The number of aromatic nitrogens is 1. The Kier molecular flexibility index (Phi) is 2.48. The van der Waals surface area contributed by atoms with Crippen molar-refractivity contribution in [3.63, 3.8) is 0 Å². The Labute approximate surface area is 108 Å². The van der Waals surface area contributed by atoms with Gasteiger partial charge in [-0.15, -0.1) is 0 Å². The maximum absolute atomic E-state index is 2.25. The lowest BCUT2D eigenvalue weighted by molar-refractivity contribution is 1.18. The molecule has 3 rings (SSSR count). The number of hydrogen-bond acceptors (Lipinski definition) is 0. The SMILES string of the molecule is Cc1cc(C)c(-c2ccc3ccccn23)c(C)c1. The molecule has 0 spiro atoms. The van der Waals surface area contributed by atoms with E-state index in [1.165, 1.54) is 33.5 Å². The molecule has 1 heteroatoms. The summed E-state index contributed by atoms with van der Waals surface area (Å²) < 4.78 is 2.25. The van der Waals surface area contributed by atoms with Gasteiger partial charge in [0.1, 0.15) is 0 Å². The van der Waals surface area contributed by atoms with Gasteiger partial charge in [0.05, 0.1) is 5.69 Å². The van der Waals surface area contributed by atoms with Crippen molar-refractivity contribution in [1.29, 1.82) is 0 Å². The summed E-state index contributed by atoms with van der Waals surface area (Å²) in [4.78, 5) is 0. The number of rotatable bonds is 1. The molecule has 3 aromatic rings. The molecule has 90 valence electrons. The molecule has 0 unspecified atom stereocenters. The molecule has 0 aliphatic carbocycles. The van der Waals surface area contributed by atoms with E-state index in [0.29, 0.717) is 0 Å². The van der Waals surface area contributed by atoms with Crippen LogP contribution in [0, 0.1) is 20.8 Å². The summed E-state index contributed by atoms with van der Waals surface area (Å²) in [5, 5.41) is 0. The Morgan fingerprint density at radius 2 is 1.56 bits per heavy atom. The fourth-order valence-corrected chi connectivity index (χ4v) is 2.84. The molecule has 0 atom stereocenters. The predicted molar refractivity (Wildman–Crippen MR) is 77.0 cm³/mol. The summed E-state index contributed by atoms with van der Waals surface area (Å²) in [6, 6.07) is 15.2. The lowest BCUT2D eigenvalue weighted by Gasteiger charge is -2.11. The van der Waals surface area contributed by atoms with Crippen molar-refractivity contribution in [3.8, 4) is 11.3 Å². The Bertz CT molecular complexity index is 696. The number of aryl methyl sites for hydroxylation is 3. The van der Waals surface area contributed by atoms with Crippen LogP contribution in [0.25, 0.3) is 16.8 Å². The van der Waals surface area contributed by atoms with Gasteiger partial charge in [0.25, 0.3) is 0 Å². The van der Waals surface area contributed by atoms with Gasteiger partial charge in [0, 0.05) is 17.3 Å². The molecule has 0 aliphatic heterocycles. The average Bonchev–Trinajstić information content (AvgIpc) is 2.72. The van der Waals surface area contributed by atoms with Crippen molar-refractivity contribution in [2.45, 2.75) is 20.8 Å². The highest BCUT2D eigenvalue weighted by molar-refractivity contribution is 5.73. The molecule has 0 saturated carbocycles. The lowest BCUT2D eigenvalue weighted by Crippen LogP contribution is -1.93. The van der Waals surface area contributed by atoms with E-state index in [9.17, 15) is 0 Å². The minimum Gasteiger partial charge on any atom is -0.317 e. The van der Waals surface area contributed by atoms with Crippen molar-refractivity contribution < 1.29 is 0 Å². The van der Waals surface area contributed by atoms with Gasteiger partial charge in [-0.25, -0.2) is 0 Å². The first kappa shape index (κ1) is 11.1. The average molecular weight is 235 g/mol. The van der Waals surface area contributed by atoms with E-state index in [4.69, 9.17) is 0 Å². The van der Waals surface area contributed by atoms with Crippen molar-refractivity contribution >= 4 is 5.52 Å². The highest BCUT2D eigenvalue weighted by Gasteiger charge is 2.10. The number of hydrogen-bond donors (Lipinski definition) is 0. The van der Waals surface area contributed by atoms with E-state index in [-0.39, 0.29) is 0 Å². The zero-order chi connectivity index (χ0) is 12.7. The Hall–Kier alpha value is -2.02.